The molecule has 0 fully saturated rings. The third-order valence-electron chi connectivity index (χ3n) is 1.06. The van der Waals surface area contributed by atoms with Crippen LogP contribution in [-0.2, 0) is 17.3 Å². The van der Waals surface area contributed by atoms with Crippen molar-refractivity contribution >= 4 is 9.69 Å². The van der Waals surface area contributed by atoms with Crippen LogP contribution in [0.5, 0.6) is 0 Å². The number of hydrogen-bond acceptors (Lipinski definition) is 0. The fourth-order valence-corrected chi connectivity index (χ4v) is 0.678. The van der Waals surface area contributed by atoms with E-state index in [1.807, 2.05) is 0 Å². The number of rotatable bonds is 0. The molecule has 1 aliphatic carbocycles. The Bertz CT molecular complexity index is 53.5. The molecule has 0 N–H and O–H groups in total. The predicted octanol–water partition coefficient (Wildman–Crippen LogP) is 2.61. The molecule has 0 heterocycles. The molecular weight excluding hydrogens is 173 g/mol. The summed E-state index contributed by atoms with van der Waals surface area (Å²) in [4.78, 5) is 0. The van der Waals surface area contributed by atoms with Crippen LogP contribution < -0.4 is 0 Å². The molecule has 0 saturated carbocycles. The van der Waals surface area contributed by atoms with E-state index in [9.17, 15) is 0 Å². The first-order valence-corrected chi connectivity index (χ1v) is 6.72. The normalized spacial score (nSPS) is 16.9. The van der Waals surface area contributed by atoms with Crippen LogP contribution in [0.25, 0.3) is 0 Å². The second kappa shape index (κ2) is 7.65. The molecule has 0 aliphatic heterocycles. The van der Waals surface area contributed by atoms with Crippen molar-refractivity contribution in [3.05, 3.63) is 12.2 Å². The van der Waals surface area contributed by atoms with Crippen molar-refractivity contribution in [1.29, 1.82) is 0 Å². The monoisotopic (exact) mass is 180 g/mol. The van der Waals surface area contributed by atoms with E-state index in [1.54, 1.807) is 0 Å². The van der Waals surface area contributed by atoms with Crippen molar-refractivity contribution in [3.63, 3.8) is 0 Å². The first kappa shape index (κ1) is 8.65. The van der Waals surface area contributed by atoms with Crippen molar-refractivity contribution in [1.82, 2.24) is 0 Å². The van der Waals surface area contributed by atoms with E-state index in [4.69, 9.17) is 9.69 Å². The molecule has 0 radical (unpaired) electrons. The third-order valence-corrected chi connectivity index (χ3v) is 1.06. The summed E-state index contributed by atoms with van der Waals surface area (Å²) >= 11 is 0.847. The van der Waals surface area contributed by atoms with Crippen molar-refractivity contribution in [2.24, 2.45) is 0 Å². The van der Waals surface area contributed by atoms with Gasteiger partial charge >= 0.3 is 27.0 Å². The minimum atomic E-state index is 0.847. The van der Waals surface area contributed by atoms with E-state index >= 15 is 0 Å². The Morgan fingerprint density at radius 3 is 2.25 bits per heavy atom. The summed E-state index contributed by atoms with van der Waals surface area (Å²) in [7, 11) is 4.76. The standard InChI is InChI=1S/C6H9.ClH.Zn/c1-2-4-6-5-3-1;;/h1H,2,4-6H2;1H;/q-1;;+2/p-1. The summed E-state index contributed by atoms with van der Waals surface area (Å²) < 4.78 is 0. The fourth-order valence-electron chi connectivity index (χ4n) is 0.678. The topological polar surface area (TPSA) is 0 Å². The molecule has 2 heteroatoms. The van der Waals surface area contributed by atoms with Crippen LogP contribution >= 0.6 is 9.69 Å². The van der Waals surface area contributed by atoms with Crippen molar-refractivity contribution in [3.8, 4) is 0 Å². The van der Waals surface area contributed by atoms with Crippen LogP contribution in [0, 0.1) is 6.08 Å². The van der Waals surface area contributed by atoms with Gasteiger partial charge in [-0.1, -0.05) is 19.3 Å². The van der Waals surface area contributed by atoms with E-state index in [0.29, 0.717) is 0 Å². The molecule has 0 saturated heterocycles. The minimum absolute atomic E-state index is 0.847. The first-order chi connectivity index (χ1) is 4.00. The molecule has 0 spiro atoms. The molecule has 0 unspecified atom stereocenters. The van der Waals surface area contributed by atoms with Crippen molar-refractivity contribution in [2.75, 3.05) is 0 Å². The summed E-state index contributed by atoms with van der Waals surface area (Å²) in [5, 5.41) is 0. The molecular formula is C6H9ClZn. The van der Waals surface area contributed by atoms with Gasteiger partial charge in [-0.25, -0.2) is 0 Å². The molecule has 0 atom stereocenters. The van der Waals surface area contributed by atoms with Crippen LogP contribution in [0.3, 0.4) is 0 Å². The number of allylic oxidation sites excluding steroid dienone is 2. The van der Waals surface area contributed by atoms with Crippen molar-refractivity contribution < 1.29 is 17.3 Å². The van der Waals surface area contributed by atoms with Gasteiger partial charge in [0.05, 0.1) is 0 Å². The summed E-state index contributed by atoms with van der Waals surface area (Å²) in [6, 6.07) is 0. The molecule has 0 bridgehead atoms. The number of hydrogen-bond donors (Lipinski definition) is 0. The van der Waals surface area contributed by atoms with Crippen molar-refractivity contribution in [2.45, 2.75) is 25.7 Å². The molecule has 0 aromatic carbocycles. The average Bonchev–Trinajstić information content (AvgIpc) is 1.96. The Labute approximate surface area is 65.0 Å². The van der Waals surface area contributed by atoms with Gasteiger partial charge in [0.1, 0.15) is 0 Å². The van der Waals surface area contributed by atoms with Gasteiger partial charge in [0.15, 0.2) is 0 Å². The molecule has 1 aliphatic rings. The SMILES string of the molecule is [C-]1=CCCCC1.[Cl][Zn+]. The van der Waals surface area contributed by atoms with E-state index < -0.39 is 0 Å². The molecule has 0 aromatic rings. The molecule has 42 valence electrons. The van der Waals surface area contributed by atoms with Crippen LogP contribution in [0.4, 0.5) is 0 Å². The average molecular weight is 182 g/mol. The van der Waals surface area contributed by atoms with Crippen LogP contribution in [0.1, 0.15) is 25.7 Å². The van der Waals surface area contributed by atoms with Gasteiger partial charge in [0.25, 0.3) is 0 Å². The zero-order valence-corrected chi connectivity index (χ0v) is 8.71. The number of halogens is 1. The second-order valence-electron chi connectivity index (χ2n) is 1.65. The van der Waals surface area contributed by atoms with Gasteiger partial charge < -0.3 is 6.08 Å². The van der Waals surface area contributed by atoms with Crippen LogP contribution in [0.15, 0.2) is 6.08 Å². The summed E-state index contributed by atoms with van der Waals surface area (Å²) in [6.45, 7) is 0. The zero-order valence-electron chi connectivity index (χ0n) is 4.99. The predicted molar refractivity (Wildman–Crippen MR) is 32.1 cm³/mol. The Morgan fingerprint density at radius 1 is 1.38 bits per heavy atom. The Morgan fingerprint density at radius 2 is 2.12 bits per heavy atom. The maximum absolute atomic E-state index is 4.76. The van der Waals surface area contributed by atoms with Crippen LogP contribution in [-0.4, -0.2) is 0 Å². The summed E-state index contributed by atoms with van der Waals surface area (Å²) in [5.41, 5.74) is 0. The van der Waals surface area contributed by atoms with E-state index in [0.717, 1.165) is 17.3 Å². The molecule has 0 nitrogen and oxygen atoms in total. The third kappa shape index (κ3) is 4.80. The Balaban J connectivity index is 0.000000222. The van der Waals surface area contributed by atoms with Gasteiger partial charge in [-0.15, -0.1) is 0 Å². The summed E-state index contributed by atoms with van der Waals surface area (Å²) in [6.07, 6.45) is 10.5. The van der Waals surface area contributed by atoms with E-state index in [2.05, 4.69) is 12.2 Å². The maximum atomic E-state index is 4.76. The van der Waals surface area contributed by atoms with E-state index in [1.165, 1.54) is 25.7 Å². The van der Waals surface area contributed by atoms with Gasteiger partial charge in [-0.2, -0.15) is 6.42 Å². The molecule has 8 heavy (non-hydrogen) atoms. The first-order valence-electron chi connectivity index (χ1n) is 2.82. The van der Waals surface area contributed by atoms with Gasteiger partial charge in [-0.3, -0.25) is 6.08 Å². The van der Waals surface area contributed by atoms with Gasteiger partial charge in [0, 0.05) is 0 Å². The molecule has 0 amide bonds. The second-order valence-corrected chi connectivity index (χ2v) is 1.65. The quantitative estimate of drug-likeness (QED) is 0.399. The fraction of sp³-hybridized carbons (Fsp3) is 0.667. The summed E-state index contributed by atoms with van der Waals surface area (Å²) in [5.74, 6) is 0. The van der Waals surface area contributed by atoms with Crippen LogP contribution in [0.2, 0.25) is 0 Å². The van der Waals surface area contributed by atoms with Gasteiger partial charge in [-0.05, 0) is 0 Å². The zero-order chi connectivity index (χ0) is 6.24. The Kier molecular flexibility index (Phi) is 8.28. The molecule has 1 rings (SSSR count). The van der Waals surface area contributed by atoms with E-state index in [-0.39, 0.29) is 0 Å². The Hall–Kier alpha value is 0.653. The van der Waals surface area contributed by atoms with Gasteiger partial charge in [0.2, 0.25) is 0 Å². The molecule has 0 aromatic heterocycles.